The molecule has 1 aliphatic heterocycles. The van der Waals surface area contributed by atoms with Crippen molar-refractivity contribution in [3.8, 4) is 0 Å². The van der Waals surface area contributed by atoms with E-state index in [2.05, 4.69) is 17.2 Å². The number of rotatable bonds is 10. The molecule has 1 N–H and O–H groups in total. The first-order chi connectivity index (χ1) is 16.5. The normalized spacial score (nSPS) is 15.2. The zero-order chi connectivity index (χ0) is 24.1. The monoisotopic (exact) mass is 462 g/mol. The van der Waals surface area contributed by atoms with E-state index in [-0.39, 0.29) is 5.69 Å². The minimum atomic E-state index is -0.597. The minimum Gasteiger partial charge on any atom is -0.462 e. The number of nitrogens with zero attached hydrogens (tertiary/aromatic N) is 3. The number of non-ortho nitro benzene ring substituents is 1. The van der Waals surface area contributed by atoms with Crippen LogP contribution in [-0.2, 0) is 9.53 Å². The topological polar surface area (TPSA) is 99.3 Å². The fourth-order valence-electron chi connectivity index (χ4n) is 4.48. The number of hydrogen-bond acceptors (Lipinski definition) is 6. The van der Waals surface area contributed by atoms with Gasteiger partial charge in [-0.25, -0.2) is 9.78 Å². The molecule has 34 heavy (non-hydrogen) atoms. The predicted molar refractivity (Wildman–Crippen MR) is 132 cm³/mol. The number of esters is 1. The van der Waals surface area contributed by atoms with E-state index in [0.29, 0.717) is 29.4 Å². The van der Waals surface area contributed by atoms with Crippen molar-refractivity contribution in [2.24, 2.45) is 0 Å². The van der Waals surface area contributed by atoms with Crippen LogP contribution in [-0.4, -0.2) is 27.1 Å². The molecule has 0 radical (unpaired) electrons. The first kappa shape index (κ1) is 23.5. The number of anilines is 1. The van der Waals surface area contributed by atoms with Crippen LogP contribution in [0.2, 0.25) is 0 Å². The van der Waals surface area contributed by atoms with Crippen LogP contribution < -0.4 is 5.32 Å². The quantitative estimate of drug-likeness (QED) is 0.168. The van der Waals surface area contributed by atoms with E-state index in [0.717, 1.165) is 30.3 Å². The molecule has 1 aromatic heterocycles. The summed E-state index contributed by atoms with van der Waals surface area (Å²) in [6.07, 6.45) is 6.59. The van der Waals surface area contributed by atoms with Crippen LogP contribution in [0.5, 0.6) is 0 Å². The van der Waals surface area contributed by atoms with Crippen LogP contribution >= 0.6 is 0 Å². The minimum absolute atomic E-state index is 0.0283. The van der Waals surface area contributed by atoms with Crippen LogP contribution in [0.4, 0.5) is 11.6 Å². The highest BCUT2D eigenvalue weighted by Gasteiger charge is 2.35. The van der Waals surface area contributed by atoms with Gasteiger partial charge >= 0.3 is 5.97 Å². The molecule has 178 valence electrons. The Morgan fingerprint density at radius 2 is 1.88 bits per heavy atom. The number of ether oxygens (including phenoxy) is 1. The Labute approximate surface area is 198 Å². The van der Waals surface area contributed by atoms with Crippen molar-refractivity contribution in [3.63, 3.8) is 0 Å². The molecule has 0 amide bonds. The molecule has 0 unspecified atom stereocenters. The van der Waals surface area contributed by atoms with Gasteiger partial charge in [-0.3, -0.25) is 14.7 Å². The van der Waals surface area contributed by atoms with Gasteiger partial charge in [-0.15, -0.1) is 0 Å². The molecule has 4 rings (SSSR count). The van der Waals surface area contributed by atoms with Gasteiger partial charge in [0, 0.05) is 17.8 Å². The summed E-state index contributed by atoms with van der Waals surface area (Å²) in [5.41, 5.74) is 3.27. The highest BCUT2D eigenvalue weighted by molar-refractivity contribution is 5.94. The second-order valence-electron chi connectivity index (χ2n) is 8.62. The first-order valence-electron chi connectivity index (χ1n) is 11.9. The average Bonchev–Trinajstić information content (AvgIpc) is 3.20. The zero-order valence-electron chi connectivity index (χ0n) is 19.6. The number of nitro groups is 1. The lowest BCUT2D eigenvalue weighted by molar-refractivity contribution is -0.384. The maximum Gasteiger partial charge on any atom is 0.338 e. The van der Waals surface area contributed by atoms with E-state index >= 15 is 0 Å². The van der Waals surface area contributed by atoms with Gasteiger partial charge in [0.05, 0.1) is 34.2 Å². The number of carbonyl (C=O) groups is 1. The van der Waals surface area contributed by atoms with E-state index in [1.54, 1.807) is 12.1 Å². The summed E-state index contributed by atoms with van der Waals surface area (Å²) >= 11 is 0. The molecular weight excluding hydrogens is 432 g/mol. The van der Waals surface area contributed by atoms with Crippen molar-refractivity contribution in [2.45, 2.75) is 58.4 Å². The molecule has 8 nitrogen and oxygen atoms in total. The van der Waals surface area contributed by atoms with Crippen LogP contribution in [0.15, 0.2) is 59.8 Å². The van der Waals surface area contributed by atoms with Gasteiger partial charge < -0.3 is 10.1 Å². The fraction of sp³-hybridized carbons (Fsp3) is 0.385. The number of carbonyl (C=O) groups excluding carboxylic acids is 1. The van der Waals surface area contributed by atoms with Gasteiger partial charge in [0.2, 0.25) is 5.95 Å². The molecule has 1 aliphatic rings. The fourth-order valence-corrected chi connectivity index (χ4v) is 4.48. The first-order valence-corrected chi connectivity index (χ1v) is 11.9. The SMILES string of the molecule is CCCCCCCCOC(=O)C1=C(C)Nc2nc3ccccc3n2[C@@H]1c1cccc([N+](=O)[O-])c1. The largest absolute Gasteiger partial charge is 0.462 e. The van der Waals surface area contributed by atoms with Gasteiger partial charge in [0.1, 0.15) is 0 Å². The molecule has 0 spiro atoms. The number of aromatic nitrogens is 2. The molecule has 0 bridgehead atoms. The summed E-state index contributed by atoms with van der Waals surface area (Å²) in [6, 6.07) is 13.5. The lowest BCUT2D eigenvalue weighted by Gasteiger charge is -2.30. The predicted octanol–water partition coefficient (Wildman–Crippen LogP) is 6.14. The van der Waals surface area contributed by atoms with Crippen molar-refractivity contribution in [3.05, 3.63) is 75.5 Å². The van der Waals surface area contributed by atoms with Crippen molar-refractivity contribution >= 4 is 28.6 Å². The smallest absolute Gasteiger partial charge is 0.338 e. The molecule has 1 atom stereocenters. The second-order valence-corrected chi connectivity index (χ2v) is 8.62. The Hall–Kier alpha value is -3.68. The van der Waals surface area contributed by atoms with Gasteiger partial charge in [-0.05, 0) is 31.0 Å². The Morgan fingerprint density at radius 3 is 2.68 bits per heavy atom. The summed E-state index contributed by atoms with van der Waals surface area (Å²) in [5, 5.41) is 14.7. The zero-order valence-corrected chi connectivity index (χ0v) is 19.6. The van der Waals surface area contributed by atoms with Crippen molar-refractivity contribution in [2.75, 3.05) is 11.9 Å². The van der Waals surface area contributed by atoms with Crippen molar-refractivity contribution < 1.29 is 14.5 Å². The molecule has 0 aliphatic carbocycles. The molecule has 0 saturated heterocycles. The summed E-state index contributed by atoms with van der Waals surface area (Å²) < 4.78 is 7.61. The van der Waals surface area contributed by atoms with Gasteiger partial charge in [-0.1, -0.05) is 63.3 Å². The van der Waals surface area contributed by atoms with Crippen LogP contribution in [0, 0.1) is 10.1 Å². The third kappa shape index (κ3) is 4.81. The van der Waals surface area contributed by atoms with Gasteiger partial charge in [0.25, 0.3) is 5.69 Å². The number of allylic oxidation sites excluding steroid dienone is 1. The summed E-state index contributed by atoms with van der Waals surface area (Å²) in [6.45, 7) is 4.35. The molecule has 8 heteroatoms. The third-order valence-corrected chi connectivity index (χ3v) is 6.18. The van der Waals surface area contributed by atoms with Gasteiger partial charge in [-0.2, -0.15) is 0 Å². The number of nitro benzene ring substituents is 1. The van der Waals surface area contributed by atoms with Gasteiger partial charge in [0.15, 0.2) is 0 Å². The summed E-state index contributed by atoms with van der Waals surface area (Å²) in [7, 11) is 0. The maximum absolute atomic E-state index is 13.3. The molecular formula is C26H30N4O4. The lowest BCUT2D eigenvalue weighted by atomic mass is 9.94. The summed E-state index contributed by atoms with van der Waals surface area (Å²) in [4.78, 5) is 29.0. The van der Waals surface area contributed by atoms with E-state index in [4.69, 9.17) is 4.74 Å². The van der Waals surface area contributed by atoms with Crippen molar-refractivity contribution in [1.82, 2.24) is 9.55 Å². The number of imidazole rings is 1. The standard InChI is InChI=1S/C26H30N4O4/c1-3-4-5-6-7-10-16-34-25(31)23-18(2)27-26-28-21-14-8-9-15-22(21)29(26)24(23)19-12-11-13-20(17-19)30(32)33/h8-9,11-15,17,24H,3-7,10,16H2,1-2H3,(H,27,28)/t24-/m1/s1. The second kappa shape index (κ2) is 10.5. The maximum atomic E-state index is 13.3. The number of unbranched alkanes of at least 4 members (excludes halogenated alkanes) is 5. The van der Waals surface area contributed by atoms with Crippen LogP contribution in [0.25, 0.3) is 11.0 Å². The molecule has 3 aromatic rings. The molecule has 2 aromatic carbocycles. The Balaban J connectivity index is 1.66. The molecule has 2 heterocycles. The Bertz CT molecular complexity index is 1230. The average molecular weight is 463 g/mol. The molecule has 0 fully saturated rings. The Kier molecular flexibility index (Phi) is 7.25. The highest BCUT2D eigenvalue weighted by atomic mass is 16.6. The van der Waals surface area contributed by atoms with Crippen molar-refractivity contribution in [1.29, 1.82) is 0 Å². The van der Waals surface area contributed by atoms with E-state index in [9.17, 15) is 14.9 Å². The third-order valence-electron chi connectivity index (χ3n) is 6.18. The summed E-state index contributed by atoms with van der Waals surface area (Å²) in [5.74, 6) is 0.168. The number of hydrogen-bond donors (Lipinski definition) is 1. The number of nitrogens with one attached hydrogen (secondary N) is 1. The number of para-hydroxylation sites is 2. The molecule has 0 saturated carbocycles. The highest BCUT2D eigenvalue weighted by Crippen LogP contribution is 2.40. The number of benzene rings is 2. The van der Waals surface area contributed by atoms with E-state index < -0.39 is 16.9 Å². The van der Waals surface area contributed by atoms with E-state index in [1.807, 2.05) is 35.8 Å². The van der Waals surface area contributed by atoms with E-state index in [1.165, 1.54) is 31.4 Å². The Morgan fingerprint density at radius 1 is 1.12 bits per heavy atom. The van der Waals surface area contributed by atoms with Crippen LogP contribution in [0.1, 0.15) is 64.0 Å². The number of fused-ring (bicyclic) bond motifs is 3. The lowest BCUT2D eigenvalue weighted by Crippen LogP contribution is -2.29. The van der Waals surface area contributed by atoms with Crippen LogP contribution in [0.3, 0.4) is 0 Å².